The summed E-state index contributed by atoms with van der Waals surface area (Å²) in [6.45, 7) is 7.52. The third-order valence-electron chi connectivity index (χ3n) is 5.11. The molecule has 1 saturated heterocycles. The molecule has 1 aliphatic heterocycles. The van der Waals surface area contributed by atoms with Crippen molar-refractivity contribution < 1.29 is 9.32 Å². The molecule has 1 amide bonds. The van der Waals surface area contributed by atoms with Crippen molar-refractivity contribution in [1.29, 1.82) is 0 Å². The number of hydrogen-bond donors (Lipinski definition) is 0. The van der Waals surface area contributed by atoms with Crippen LogP contribution in [0, 0.1) is 6.92 Å². The van der Waals surface area contributed by atoms with Crippen LogP contribution in [0.15, 0.2) is 34.9 Å². The number of likely N-dealkylation sites (tertiary alicyclic amines) is 1. The monoisotopic (exact) mass is 396 g/mol. The Morgan fingerprint density at radius 1 is 1.18 bits per heavy atom. The molecule has 2 aromatic heterocycles. The van der Waals surface area contributed by atoms with Crippen molar-refractivity contribution in [3.05, 3.63) is 51.8 Å². The van der Waals surface area contributed by atoms with Gasteiger partial charge in [0.1, 0.15) is 4.88 Å². The van der Waals surface area contributed by atoms with Crippen LogP contribution in [0.4, 0.5) is 0 Å². The molecule has 0 atom stereocenters. The molecule has 0 N–H and O–H groups in total. The molecule has 0 spiro atoms. The molecule has 6 nitrogen and oxygen atoms in total. The van der Waals surface area contributed by atoms with Crippen molar-refractivity contribution in [3.63, 3.8) is 0 Å². The Kier molecular flexibility index (Phi) is 5.26. The van der Waals surface area contributed by atoms with Gasteiger partial charge in [-0.25, -0.2) is 4.98 Å². The van der Waals surface area contributed by atoms with Crippen LogP contribution in [0.5, 0.6) is 0 Å². The first-order chi connectivity index (χ1) is 13.5. The van der Waals surface area contributed by atoms with E-state index in [9.17, 15) is 4.79 Å². The summed E-state index contributed by atoms with van der Waals surface area (Å²) in [5, 5.41) is 5.14. The van der Waals surface area contributed by atoms with Crippen LogP contribution >= 0.6 is 11.3 Å². The third-order valence-corrected chi connectivity index (χ3v) is 6.55. The summed E-state index contributed by atoms with van der Waals surface area (Å²) in [6.07, 6.45) is 1.66. The lowest BCUT2D eigenvalue weighted by atomic mass is 9.96. The minimum Gasteiger partial charge on any atom is -0.339 e. The molecular formula is C21H24N4O2S. The Hall–Kier alpha value is -2.54. The molecular weight excluding hydrogens is 372 g/mol. The smallest absolute Gasteiger partial charge is 0.265 e. The molecule has 0 saturated carbocycles. The van der Waals surface area contributed by atoms with Gasteiger partial charge in [-0.05, 0) is 19.8 Å². The normalized spacial score (nSPS) is 15.4. The number of benzene rings is 1. The predicted molar refractivity (Wildman–Crippen MR) is 109 cm³/mol. The molecule has 1 aliphatic rings. The number of thiazole rings is 1. The van der Waals surface area contributed by atoms with Crippen LogP contribution in [-0.4, -0.2) is 39.0 Å². The molecule has 3 heterocycles. The molecule has 4 rings (SSSR count). The number of rotatable bonds is 4. The topological polar surface area (TPSA) is 72.1 Å². The lowest BCUT2D eigenvalue weighted by Gasteiger charge is -2.30. The van der Waals surface area contributed by atoms with Crippen molar-refractivity contribution in [2.24, 2.45) is 0 Å². The van der Waals surface area contributed by atoms with E-state index in [0.29, 0.717) is 30.7 Å². The second-order valence-corrected chi connectivity index (χ2v) is 8.54. The molecule has 146 valence electrons. The van der Waals surface area contributed by atoms with Gasteiger partial charge in [0.15, 0.2) is 0 Å². The van der Waals surface area contributed by atoms with E-state index in [0.717, 1.165) is 34.0 Å². The summed E-state index contributed by atoms with van der Waals surface area (Å²) >= 11 is 1.52. The lowest BCUT2D eigenvalue weighted by Crippen LogP contribution is -2.37. The van der Waals surface area contributed by atoms with E-state index in [1.807, 2.05) is 42.2 Å². The van der Waals surface area contributed by atoms with E-state index in [1.165, 1.54) is 11.3 Å². The number of aryl methyl sites for hydroxylation is 1. The third kappa shape index (κ3) is 3.71. The Bertz CT molecular complexity index is 956. The summed E-state index contributed by atoms with van der Waals surface area (Å²) in [4.78, 5) is 24.8. The highest BCUT2D eigenvalue weighted by molar-refractivity contribution is 7.13. The van der Waals surface area contributed by atoms with E-state index in [2.05, 4.69) is 29.0 Å². The first-order valence-corrected chi connectivity index (χ1v) is 10.5. The van der Waals surface area contributed by atoms with Crippen LogP contribution in [0.3, 0.4) is 0 Å². The molecule has 1 aromatic carbocycles. The second-order valence-electron chi connectivity index (χ2n) is 7.51. The summed E-state index contributed by atoms with van der Waals surface area (Å²) in [5.74, 6) is 1.92. The van der Waals surface area contributed by atoms with Gasteiger partial charge in [-0.2, -0.15) is 4.98 Å². The van der Waals surface area contributed by atoms with E-state index in [-0.39, 0.29) is 11.8 Å². The van der Waals surface area contributed by atoms with Crippen LogP contribution in [0.1, 0.15) is 64.8 Å². The van der Waals surface area contributed by atoms with Crippen LogP contribution in [0.25, 0.3) is 11.4 Å². The first-order valence-electron chi connectivity index (χ1n) is 9.68. The van der Waals surface area contributed by atoms with E-state index in [1.54, 1.807) is 0 Å². The average molecular weight is 397 g/mol. The zero-order valence-electron chi connectivity index (χ0n) is 16.4. The fraction of sp³-hybridized carbons (Fsp3) is 0.429. The fourth-order valence-electron chi connectivity index (χ4n) is 3.44. The fourth-order valence-corrected chi connectivity index (χ4v) is 4.48. The van der Waals surface area contributed by atoms with Gasteiger partial charge in [0.05, 0.1) is 10.7 Å². The Balaban J connectivity index is 1.41. The molecule has 7 heteroatoms. The first kappa shape index (κ1) is 18.8. The van der Waals surface area contributed by atoms with Gasteiger partial charge < -0.3 is 9.42 Å². The minimum atomic E-state index is 0.0934. The Morgan fingerprint density at radius 3 is 2.54 bits per heavy atom. The number of carbonyl (C=O) groups is 1. The maximum atomic E-state index is 12.9. The zero-order chi connectivity index (χ0) is 19.7. The van der Waals surface area contributed by atoms with Gasteiger partial charge in [0.25, 0.3) is 5.91 Å². The number of amides is 1. The standard InChI is InChI=1S/C21H24N4O2S/c1-13(2)20-22-14(3)17(28-20)21(26)25-11-9-16(10-12-25)19-23-18(24-27-19)15-7-5-4-6-8-15/h4-8,13,16H,9-12H2,1-3H3. The quantitative estimate of drug-likeness (QED) is 0.642. The van der Waals surface area contributed by atoms with Crippen molar-refractivity contribution in [2.45, 2.75) is 45.4 Å². The summed E-state index contributed by atoms with van der Waals surface area (Å²) in [7, 11) is 0. The molecule has 28 heavy (non-hydrogen) atoms. The molecule has 0 aliphatic carbocycles. The summed E-state index contributed by atoms with van der Waals surface area (Å²) in [6, 6.07) is 9.83. The highest BCUT2D eigenvalue weighted by Crippen LogP contribution is 2.31. The van der Waals surface area contributed by atoms with E-state index in [4.69, 9.17) is 4.52 Å². The van der Waals surface area contributed by atoms with Gasteiger partial charge in [-0.1, -0.05) is 49.3 Å². The number of piperidine rings is 1. The van der Waals surface area contributed by atoms with Crippen molar-refractivity contribution in [1.82, 2.24) is 20.0 Å². The molecule has 0 unspecified atom stereocenters. The molecule has 1 fully saturated rings. The maximum Gasteiger partial charge on any atom is 0.265 e. The average Bonchev–Trinajstić information content (AvgIpc) is 3.35. The van der Waals surface area contributed by atoms with Crippen LogP contribution in [-0.2, 0) is 0 Å². The number of aromatic nitrogens is 3. The largest absolute Gasteiger partial charge is 0.339 e. The lowest BCUT2D eigenvalue weighted by molar-refractivity contribution is 0.0708. The summed E-state index contributed by atoms with van der Waals surface area (Å²) in [5.41, 5.74) is 1.79. The predicted octanol–water partition coefficient (Wildman–Crippen LogP) is 4.64. The van der Waals surface area contributed by atoms with Crippen LogP contribution in [0.2, 0.25) is 0 Å². The Labute approximate surface area is 168 Å². The van der Waals surface area contributed by atoms with Gasteiger partial charge >= 0.3 is 0 Å². The number of hydrogen-bond acceptors (Lipinski definition) is 6. The molecule has 0 radical (unpaired) electrons. The Morgan fingerprint density at radius 2 is 1.89 bits per heavy atom. The van der Waals surface area contributed by atoms with Gasteiger partial charge in [-0.3, -0.25) is 4.79 Å². The van der Waals surface area contributed by atoms with E-state index < -0.39 is 0 Å². The maximum absolute atomic E-state index is 12.9. The van der Waals surface area contributed by atoms with Gasteiger partial charge in [0, 0.05) is 30.5 Å². The van der Waals surface area contributed by atoms with Crippen LogP contribution < -0.4 is 0 Å². The molecule has 0 bridgehead atoms. The van der Waals surface area contributed by atoms with Crippen molar-refractivity contribution >= 4 is 17.2 Å². The molecule has 3 aromatic rings. The highest BCUT2D eigenvalue weighted by Gasteiger charge is 2.30. The SMILES string of the molecule is Cc1nc(C(C)C)sc1C(=O)N1CCC(c2nc(-c3ccccc3)no2)CC1. The summed E-state index contributed by atoms with van der Waals surface area (Å²) < 4.78 is 5.52. The number of carbonyl (C=O) groups excluding carboxylic acids is 1. The number of nitrogens with zero attached hydrogens (tertiary/aromatic N) is 4. The van der Waals surface area contributed by atoms with Gasteiger partial charge in [-0.15, -0.1) is 11.3 Å². The highest BCUT2D eigenvalue weighted by atomic mass is 32.1. The minimum absolute atomic E-state index is 0.0934. The van der Waals surface area contributed by atoms with Gasteiger partial charge in [0.2, 0.25) is 11.7 Å². The van der Waals surface area contributed by atoms with Crippen molar-refractivity contribution in [2.75, 3.05) is 13.1 Å². The van der Waals surface area contributed by atoms with E-state index >= 15 is 0 Å². The second kappa shape index (κ2) is 7.83. The zero-order valence-corrected chi connectivity index (χ0v) is 17.2. The van der Waals surface area contributed by atoms with Crippen molar-refractivity contribution in [3.8, 4) is 11.4 Å².